The van der Waals surface area contributed by atoms with Gasteiger partial charge in [0.1, 0.15) is 17.7 Å². The summed E-state index contributed by atoms with van der Waals surface area (Å²) in [4.78, 5) is 22.6. The summed E-state index contributed by atoms with van der Waals surface area (Å²) in [6.45, 7) is 5.22. The second-order valence-electron chi connectivity index (χ2n) is 4.53. The van der Waals surface area contributed by atoms with Gasteiger partial charge in [-0.05, 0) is 25.0 Å². The molecule has 0 saturated heterocycles. The number of aliphatic carboxylic acids is 1. The molecule has 1 aromatic rings. The van der Waals surface area contributed by atoms with Gasteiger partial charge in [-0.1, -0.05) is 11.6 Å². The molecule has 0 saturated carbocycles. The van der Waals surface area contributed by atoms with Crippen LogP contribution in [-0.2, 0) is 16.0 Å². The number of hydrogen-bond donors (Lipinski definition) is 2. The van der Waals surface area contributed by atoms with Gasteiger partial charge in [-0.15, -0.1) is 6.58 Å². The summed E-state index contributed by atoms with van der Waals surface area (Å²) >= 11 is 0. The van der Waals surface area contributed by atoms with Gasteiger partial charge in [0, 0.05) is 6.07 Å². The van der Waals surface area contributed by atoms with Crippen LogP contribution in [0.1, 0.15) is 18.9 Å². The number of carbonyl (C=O) groups is 2. The Kier molecular flexibility index (Phi) is 5.37. The predicted octanol–water partition coefficient (Wildman–Crippen LogP) is 2.04. The summed E-state index contributed by atoms with van der Waals surface area (Å²) in [5, 5.41) is 11.2. The summed E-state index contributed by atoms with van der Waals surface area (Å²) in [6.07, 6.45) is -0.265. The molecule has 6 heteroatoms. The first-order chi connectivity index (χ1) is 9.29. The molecule has 0 heterocycles. The first-order valence-electron chi connectivity index (χ1n) is 5.90. The minimum absolute atomic E-state index is 0.00311. The number of benzene rings is 1. The highest BCUT2D eigenvalue weighted by Crippen LogP contribution is 2.10. The molecular formula is C14H15F2NO3. The molecule has 1 aromatic carbocycles. The molecule has 0 fully saturated rings. The summed E-state index contributed by atoms with van der Waals surface area (Å²) in [7, 11) is 0. The van der Waals surface area contributed by atoms with Crippen molar-refractivity contribution < 1.29 is 23.5 Å². The Morgan fingerprint density at radius 1 is 1.40 bits per heavy atom. The van der Waals surface area contributed by atoms with Crippen molar-refractivity contribution in [1.29, 1.82) is 0 Å². The Hall–Kier alpha value is -2.24. The smallest absolute Gasteiger partial charge is 0.326 e. The zero-order valence-electron chi connectivity index (χ0n) is 11.0. The zero-order chi connectivity index (χ0) is 15.3. The van der Waals surface area contributed by atoms with E-state index in [9.17, 15) is 18.4 Å². The van der Waals surface area contributed by atoms with Gasteiger partial charge in [0.2, 0.25) is 5.91 Å². The van der Waals surface area contributed by atoms with E-state index in [0.717, 1.165) is 12.1 Å². The van der Waals surface area contributed by atoms with E-state index in [1.54, 1.807) is 6.92 Å². The van der Waals surface area contributed by atoms with Crippen molar-refractivity contribution in [2.24, 2.45) is 0 Å². The second kappa shape index (κ2) is 6.79. The van der Waals surface area contributed by atoms with Gasteiger partial charge in [-0.3, -0.25) is 4.79 Å². The second-order valence-corrected chi connectivity index (χ2v) is 4.53. The third-order valence-corrected chi connectivity index (χ3v) is 2.55. The van der Waals surface area contributed by atoms with E-state index in [1.165, 1.54) is 0 Å². The number of nitrogens with one attached hydrogen (secondary N) is 1. The standard InChI is InChI=1S/C14H15F2NO3/c1-8(2)5-12(14(19)20)17-13(18)6-9-3-4-10(15)7-11(9)16/h3-4,7,12H,1,5-6H2,2H3,(H,17,18)(H,19,20)/t12-/m1/s1. The zero-order valence-corrected chi connectivity index (χ0v) is 11.0. The molecule has 4 nitrogen and oxygen atoms in total. The number of carbonyl (C=O) groups excluding carboxylic acids is 1. The van der Waals surface area contributed by atoms with Gasteiger partial charge in [-0.2, -0.15) is 0 Å². The fraction of sp³-hybridized carbons (Fsp3) is 0.286. The first-order valence-corrected chi connectivity index (χ1v) is 5.90. The van der Waals surface area contributed by atoms with E-state index in [1.807, 2.05) is 0 Å². The number of amides is 1. The molecule has 0 aliphatic rings. The number of hydrogen-bond acceptors (Lipinski definition) is 2. The molecule has 1 atom stereocenters. The molecule has 0 unspecified atom stereocenters. The van der Waals surface area contributed by atoms with Crippen molar-refractivity contribution in [1.82, 2.24) is 5.32 Å². The maximum Gasteiger partial charge on any atom is 0.326 e. The lowest BCUT2D eigenvalue weighted by Gasteiger charge is -2.14. The van der Waals surface area contributed by atoms with Crippen LogP contribution in [-0.4, -0.2) is 23.0 Å². The Bertz CT molecular complexity index is 543. The van der Waals surface area contributed by atoms with Crippen molar-refractivity contribution in [2.45, 2.75) is 25.8 Å². The Labute approximate surface area is 115 Å². The molecule has 108 valence electrons. The summed E-state index contributed by atoms with van der Waals surface area (Å²) in [5.74, 6) is -3.42. The van der Waals surface area contributed by atoms with Gasteiger partial charge in [0.25, 0.3) is 0 Å². The van der Waals surface area contributed by atoms with Crippen molar-refractivity contribution in [3.8, 4) is 0 Å². The average molecular weight is 283 g/mol. The third kappa shape index (κ3) is 4.79. The molecule has 1 amide bonds. The summed E-state index contributed by atoms with van der Waals surface area (Å²) < 4.78 is 26.1. The number of carboxylic acid groups (broad SMARTS) is 1. The van der Waals surface area contributed by atoms with Crippen LogP contribution in [0.4, 0.5) is 8.78 Å². The van der Waals surface area contributed by atoms with Crippen LogP contribution in [0.5, 0.6) is 0 Å². The van der Waals surface area contributed by atoms with Crippen LogP contribution < -0.4 is 5.32 Å². The van der Waals surface area contributed by atoms with Gasteiger partial charge in [-0.25, -0.2) is 13.6 Å². The molecule has 0 spiro atoms. The maximum atomic E-state index is 13.4. The minimum Gasteiger partial charge on any atom is -0.480 e. The maximum absolute atomic E-state index is 13.4. The van der Waals surface area contributed by atoms with Crippen LogP contribution in [0.2, 0.25) is 0 Å². The van der Waals surface area contributed by atoms with E-state index >= 15 is 0 Å². The highest BCUT2D eigenvalue weighted by atomic mass is 19.1. The van der Waals surface area contributed by atoms with Gasteiger partial charge in [0.15, 0.2) is 0 Å². The molecule has 0 bridgehead atoms. The largest absolute Gasteiger partial charge is 0.480 e. The van der Waals surface area contributed by atoms with Crippen LogP contribution in [0.25, 0.3) is 0 Å². The van der Waals surface area contributed by atoms with Crippen LogP contribution in [0.3, 0.4) is 0 Å². The first kappa shape index (κ1) is 15.8. The predicted molar refractivity (Wildman–Crippen MR) is 69.1 cm³/mol. The van der Waals surface area contributed by atoms with E-state index in [2.05, 4.69) is 11.9 Å². The Balaban J connectivity index is 2.70. The van der Waals surface area contributed by atoms with E-state index < -0.39 is 29.6 Å². The molecule has 0 aliphatic heterocycles. The molecule has 0 radical (unpaired) electrons. The van der Waals surface area contributed by atoms with Crippen LogP contribution >= 0.6 is 0 Å². The lowest BCUT2D eigenvalue weighted by atomic mass is 10.1. The highest BCUT2D eigenvalue weighted by Gasteiger charge is 2.20. The fourth-order valence-corrected chi connectivity index (χ4v) is 1.63. The van der Waals surface area contributed by atoms with Crippen LogP contribution in [0.15, 0.2) is 30.4 Å². The highest BCUT2D eigenvalue weighted by molar-refractivity contribution is 5.85. The monoisotopic (exact) mass is 283 g/mol. The number of rotatable bonds is 6. The third-order valence-electron chi connectivity index (χ3n) is 2.55. The van der Waals surface area contributed by atoms with Crippen molar-refractivity contribution in [3.05, 3.63) is 47.5 Å². The van der Waals surface area contributed by atoms with Crippen molar-refractivity contribution in [2.75, 3.05) is 0 Å². The van der Waals surface area contributed by atoms with Gasteiger partial charge < -0.3 is 10.4 Å². The molecule has 0 aromatic heterocycles. The number of carboxylic acids is 1. The lowest BCUT2D eigenvalue weighted by molar-refractivity contribution is -0.141. The molecule has 1 rings (SSSR count). The van der Waals surface area contributed by atoms with Gasteiger partial charge in [0.05, 0.1) is 6.42 Å². The Morgan fingerprint density at radius 2 is 2.05 bits per heavy atom. The lowest BCUT2D eigenvalue weighted by Crippen LogP contribution is -2.41. The molecule has 2 N–H and O–H groups in total. The van der Waals surface area contributed by atoms with E-state index in [0.29, 0.717) is 11.6 Å². The topological polar surface area (TPSA) is 66.4 Å². The van der Waals surface area contributed by atoms with E-state index in [-0.39, 0.29) is 18.4 Å². The Morgan fingerprint density at radius 3 is 2.55 bits per heavy atom. The van der Waals surface area contributed by atoms with Crippen molar-refractivity contribution in [3.63, 3.8) is 0 Å². The molecular weight excluding hydrogens is 268 g/mol. The fourth-order valence-electron chi connectivity index (χ4n) is 1.63. The SMILES string of the molecule is C=C(C)C[C@@H](NC(=O)Cc1ccc(F)cc1F)C(=O)O. The van der Waals surface area contributed by atoms with Gasteiger partial charge >= 0.3 is 5.97 Å². The van der Waals surface area contributed by atoms with E-state index in [4.69, 9.17) is 5.11 Å². The minimum atomic E-state index is -1.19. The average Bonchev–Trinajstić information content (AvgIpc) is 2.31. The quantitative estimate of drug-likeness (QED) is 0.785. The summed E-state index contributed by atoms with van der Waals surface area (Å²) in [5.41, 5.74) is 0.606. The normalized spacial score (nSPS) is 11.8. The van der Waals surface area contributed by atoms with Crippen molar-refractivity contribution >= 4 is 11.9 Å². The molecule has 0 aliphatic carbocycles. The number of halogens is 2. The summed E-state index contributed by atoms with van der Waals surface area (Å²) in [6, 6.07) is 1.75. The molecule has 20 heavy (non-hydrogen) atoms. The van der Waals surface area contributed by atoms with Crippen LogP contribution in [0, 0.1) is 11.6 Å².